The minimum Gasteiger partial charge on any atom is -0.452 e. The normalized spacial score (nSPS) is 14.7. The Bertz CT molecular complexity index is 791. The lowest BCUT2D eigenvalue weighted by molar-refractivity contribution is -0.124. The van der Waals surface area contributed by atoms with E-state index in [2.05, 4.69) is 22.0 Å². The van der Waals surface area contributed by atoms with E-state index in [1.54, 1.807) is 0 Å². The molecule has 0 saturated heterocycles. The predicted octanol–water partition coefficient (Wildman–Crippen LogP) is 3.22. The van der Waals surface area contributed by atoms with Crippen LogP contribution >= 0.6 is 0 Å². The van der Waals surface area contributed by atoms with Crippen LogP contribution < -0.4 is 5.32 Å². The molecule has 3 rings (SSSR count). The van der Waals surface area contributed by atoms with E-state index in [0.29, 0.717) is 18.0 Å². The number of carbonyl (C=O) groups is 2. The molecule has 1 amide bonds. The summed E-state index contributed by atoms with van der Waals surface area (Å²) in [5.41, 5.74) is 3.53. The largest absolute Gasteiger partial charge is 0.452 e. The molecule has 1 saturated carbocycles. The summed E-state index contributed by atoms with van der Waals surface area (Å²) in [5.74, 6) is -0.117. The molecule has 1 fully saturated rings. The molecule has 0 spiro atoms. The molecule has 0 bridgehead atoms. The van der Waals surface area contributed by atoms with Crippen molar-refractivity contribution in [2.75, 3.05) is 6.61 Å². The van der Waals surface area contributed by atoms with Crippen molar-refractivity contribution in [1.29, 1.82) is 0 Å². The number of aryl methyl sites for hydroxylation is 1. The highest BCUT2D eigenvalue weighted by atomic mass is 16.5. The van der Waals surface area contributed by atoms with Gasteiger partial charge in [-0.15, -0.1) is 0 Å². The molecular formula is C21H26N2O3. The number of nitrogens with one attached hydrogen (secondary N) is 1. The quantitative estimate of drug-likeness (QED) is 0.777. The smallest absolute Gasteiger partial charge is 0.340 e. The number of ether oxygens (including phenoxy) is 1. The molecule has 1 aromatic carbocycles. The number of benzene rings is 1. The molecule has 1 unspecified atom stereocenters. The zero-order chi connectivity index (χ0) is 18.7. The van der Waals surface area contributed by atoms with E-state index < -0.39 is 5.97 Å². The average molecular weight is 354 g/mol. The number of hydrogen-bond donors (Lipinski definition) is 1. The van der Waals surface area contributed by atoms with Crippen LogP contribution in [0.15, 0.2) is 36.4 Å². The van der Waals surface area contributed by atoms with Crippen molar-refractivity contribution in [3.8, 4) is 0 Å². The molecule has 5 nitrogen and oxygen atoms in total. The van der Waals surface area contributed by atoms with Gasteiger partial charge in [0.05, 0.1) is 5.56 Å². The maximum Gasteiger partial charge on any atom is 0.340 e. The van der Waals surface area contributed by atoms with Crippen LogP contribution in [0.4, 0.5) is 0 Å². The first-order valence-electron chi connectivity index (χ1n) is 9.13. The zero-order valence-electron chi connectivity index (χ0n) is 15.6. The molecule has 1 aromatic heterocycles. The van der Waals surface area contributed by atoms with Crippen LogP contribution in [0, 0.1) is 19.8 Å². The highest BCUT2D eigenvalue weighted by Crippen LogP contribution is 2.32. The highest BCUT2D eigenvalue weighted by molar-refractivity contribution is 5.92. The molecular weight excluding hydrogens is 328 g/mol. The molecule has 1 atom stereocenters. The standard InChI is InChI=1S/C21H26N2O3/c1-14-11-19(16(3)23(14)12-17-7-5-4-6-8-17)21(25)26-13-20(24)22-15(2)18-9-10-18/h4-8,11,15,18H,9-10,12-13H2,1-3H3,(H,22,24). The van der Waals surface area contributed by atoms with Gasteiger partial charge in [-0.3, -0.25) is 4.79 Å². The Kier molecular flexibility index (Phi) is 5.45. The van der Waals surface area contributed by atoms with E-state index in [9.17, 15) is 9.59 Å². The third-order valence-corrected chi connectivity index (χ3v) is 5.03. The van der Waals surface area contributed by atoms with Crippen LogP contribution in [0.25, 0.3) is 0 Å². The van der Waals surface area contributed by atoms with Crippen LogP contribution in [-0.2, 0) is 16.1 Å². The lowest BCUT2D eigenvalue weighted by atomic mass is 10.2. The van der Waals surface area contributed by atoms with Gasteiger partial charge >= 0.3 is 5.97 Å². The van der Waals surface area contributed by atoms with E-state index >= 15 is 0 Å². The lowest BCUT2D eigenvalue weighted by Crippen LogP contribution is -2.37. The number of rotatable bonds is 7. The number of aromatic nitrogens is 1. The molecule has 1 N–H and O–H groups in total. The topological polar surface area (TPSA) is 60.3 Å². The minimum absolute atomic E-state index is 0.150. The Labute approximate surface area is 154 Å². The lowest BCUT2D eigenvalue weighted by Gasteiger charge is -2.13. The van der Waals surface area contributed by atoms with Crippen molar-refractivity contribution in [3.05, 3.63) is 58.9 Å². The van der Waals surface area contributed by atoms with Gasteiger partial charge < -0.3 is 14.6 Å². The SMILES string of the molecule is Cc1cc(C(=O)OCC(=O)NC(C)C2CC2)c(C)n1Cc1ccccc1. The Hall–Kier alpha value is -2.56. The fourth-order valence-electron chi connectivity index (χ4n) is 3.24. The van der Waals surface area contributed by atoms with E-state index in [1.807, 2.05) is 45.0 Å². The van der Waals surface area contributed by atoms with E-state index in [4.69, 9.17) is 4.74 Å². The summed E-state index contributed by atoms with van der Waals surface area (Å²) in [4.78, 5) is 24.3. The summed E-state index contributed by atoms with van der Waals surface area (Å²) in [6, 6.07) is 12.1. The van der Waals surface area contributed by atoms with Crippen LogP contribution in [0.3, 0.4) is 0 Å². The van der Waals surface area contributed by atoms with Crippen molar-refractivity contribution in [3.63, 3.8) is 0 Å². The third-order valence-electron chi connectivity index (χ3n) is 5.03. The fraction of sp³-hybridized carbons (Fsp3) is 0.429. The Morgan fingerprint density at radius 1 is 1.23 bits per heavy atom. The molecule has 1 aliphatic rings. The Morgan fingerprint density at radius 2 is 1.92 bits per heavy atom. The number of amides is 1. The van der Waals surface area contributed by atoms with Gasteiger partial charge in [-0.1, -0.05) is 30.3 Å². The predicted molar refractivity (Wildman–Crippen MR) is 100 cm³/mol. The second kappa shape index (κ2) is 7.77. The number of esters is 1. The van der Waals surface area contributed by atoms with Gasteiger partial charge in [0.15, 0.2) is 6.61 Å². The summed E-state index contributed by atoms with van der Waals surface area (Å²) in [6.07, 6.45) is 2.32. The Balaban J connectivity index is 1.60. The summed E-state index contributed by atoms with van der Waals surface area (Å²) in [5, 5.41) is 2.89. The van der Waals surface area contributed by atoms with Gasteiger partial charge in [-0.2, -0.15) is 0 Å². The molecule has 5 heteroatoms. The second-order valence-electron chi connectivity index (χ2n) is 7.13. The summed E-state index contributed by atoms with van der Waals surface area (Å²) in [7, 11) is 0. The molecule has 1 heterocycles. The summed E-state index contributed by atoms with van der Waals surface area (Å²) in [6.45, 7) is 6.33. The van der Waals surface area contributed by atoms with E-state index in [0.717, 1.165) is 24.2 Å². The maximum atomic E-state index is 12.4. The van der Waals surface area contributed by atoms with Crippen molar-refractivity contribution in [2.45, 2.75) is 46.2 Å². The fourth-order valence-corrected chi connectivity index (χ4v) is 3.24. The summed E-state index contributed by atoms with van der Waals surface area (Å²) < 4.78 is 7.31. The van der Waals surface area contributed by atoms with Gasteiger partial charge in [0, 0.05) is 24.0 Å². The van der Waals surface area contributed by atoms with Crippen LogP contribution in [-0.4, -0.2) is 29.1 Å². The van der Waals surface area contributed by atoms with E-state index in [1.165, 1.54) is 5.56 Å². The van der Waals surface area contributed by atoms with Gasteiger partial charge in [0.1, 0.15) is 0 Å². The monoisotopic (exact) mass is 354 g/mol. The molecule has 1 aliphatic carbocycles. The first kappa shape index (κ1) is 18.2. The van der Waals surface area contributed by atoms with E-state index in [-0.39, 0.29) is 18.6 Å². The third kappa shape index (κ3) is 4.34. The number of hydrogen-bond acceptors (Lipinski definition) is 3. The molecule has 0 aliphatic heterocycles. The second-order valence-corrected chi connectivity index (χ2v) is 7.13. The summed E-state index contributed by atoms with van der Waals surface area (Å²) >= 11 is 0. The highest BCUT2D eigenvalue weighted by Gasteiger charge is 2.29. The van der Waals surface area contributed by atoms with Crippen LogP contribution in [0.2, 0.25) is 0 Å². The van der Waals surface area contributed by atoms with Crippen molar-refractivity contribution in [2.24, 2.45) is 5.92 Å². The minimum atomic E-state index is -0.452. The Morgan fingerprint density at radius 3 is 2.58 bits per heavy atom. The first-order valence-corrected chi connectivity index (χ1v) is 9.13. The maximum absolute atomic E-state index is 12.4. The number of carbonyl (C=O) groups excluding carboxylic acids is 2. The molecule has 138 valence electrons. The molecule has 2 aromatic rings. The average Bonchev–Trinajstić information content (AvgIpc) is 3.44. The van der Waals surface area contributed by atoms with Crippen LogP contribution in [0.1, 0.15) is 47.1 Å². The van der Waals surface area contributed by atoms with Gasteiger partial charge in [-0.05, 0) is 51.2 Å². The van der Waals surface area contributed by atoms with Gasteiger partial charge in [0.25, 0.3) is 5.91 Å². The van der Waals surface area contributed by atoms with Gasteiger partial charge in [-0.25, -0.2) is 4.79 Å². The van der Waals surface area contributed by atoms with Crippen molar-refractivity contribution in [1.82, 2.24) is 9.88 Å². The first-order chi connectivity index (χ1) is 12.5. The molecule has 26 heavy (non-hydrogen) atoms. The molecule has 0 radical (unpaired) electrons. The van der Waals surface area contributed by atoms with Gasteiger partial charge in [0.2, 0.25) is 0 Å². The van der Waals surface area contributed by atoms with Crippen molar-refractivity contribution >= 4 is 11.9 Å². The number of nitrogens with zero attached hydrogens (tertiary/aromatic N) is 1. The van der Waals surface area contributed by atoms with Crippen molar-refractivity contribution < 1.29 is 14.3 Å². The zero-order valence-corrected chi connectivity index (χ0v) is 15.6. The van der Waals surface area contributed by atoms with Crippen LogP contribution in [0.5, 0.6) is 0 Å².